The number of carbonyl (C=O) groups is 1. The van der Waals surface area contributed by atoms with Crippen LogP contribution in [0.4, 0.5) is 0 Å². The van der Waals surface area contributed by atoms with Gasteiger partial charge in [0, 0.05) is 0 Å². The van der Waals surface area contributed by atoms with Crippen molar-refractivity contribution in [3.63, 3.8) is 0 Å². The van der Waals surface area contributed by atoms with Crippen molar-refractivity contribution >= 4 is 29.1 Å². The van der Waals surface area contributed by atoms with Crippen molar-refractivity contribution in [2.75, 3.05) is 0 Å². The zero-order valence-electron chi connectivity index (χ0n) is 13.0. The lowest BCUT2D eigenvalue weighted by atomic mass is 9.63. The Hall–Kier alpha value is -1.54. The average Bonchev–Trinajstić information content (AvgIpc) is 2.54. The Morgan fingerprint density at radius 3 is 2.36 bits per heavy atom. The van der Waals surface area contributed by atoms with Gasteiger partial charge in [0.15, 0.2) is 0 Å². The van der Waals surface area contributed by atoms with Gasteiger partial charge in [-0.15, -0.1) is 12.4 Å². The normalized spacial score (nSPS) is 18.4. The number of hydrogen-bond acceptors (Lipinski definition) is 1. The van der Waals surface area contributed by atoms with Crippen LogP contribution in [-0.4, -0.2) is 5.91 Å². The van der Waals surface area contributed by atoms with Gasteiger partial charge in [0.2, 0.25) is 5.91 Å². The molecule has 1 aliphatic carbocycles. The van der Waals surface area contributed by atoms with E-state index in [2.05, 4.69) is 49.4 Å². The summed E-state index contributed by atoms with van der Waals surface area (Å²) in [4.78, 5) is 12.2. The molecule has 1 atom stereocenters. The fourth-order valence-electron chi connectivity index (χ4n) is 4.00. The highest BCUT2D eigenvalue weighted by Gasteiger charge is 2.43. The summed E-state index contributed by atoms with van der Waals surface area (Å²) in [5.41, 5.74) is 6.73. The van der Waals surface area contributed by atoms with E-state index in [-0.39, 0.29) is 29.6 Å². The number of benzene rings is 2. The van der Waals surface area contributed by atoms with E-state index in [1.165, 1.54) is 22.8 Å². The molecule has 3 heteroatoms. The molecule has 2 N–H and O–H groups in total. The smallest absolute Gasteiger partial charge is 0.224 e. The highest BCUT2D eigenvalue weighted by Crippen LogP contribution is 2.48. The first-order chi connectivity index (χ1) is 10.1. The lowest BCUT2D eigenvalue weighted by Crippen LogP contribution is -2.42. The minimum atomic E-state index is -0.373. The topological polar surface area (TPSA) is 43.1 Å². The molecule has 0 heterocycles. The predicted octanol–water partition coefficient (Wildman–Crippen LogP) is 4.80. The Morgan fingerprint density at radius 2 is 1.68 bits per heavy atom. The second-order valence-corrected chi connectivity index (χ2v) is 6.37. The molecule has 1 saturated carbocycles. The van der Waals surface area contributed by atoms with Crippen LogP contribution < -0.4 is 5.73 Å². The molecular formula is C19H24ClNO. The number of amides is 1. The number of rotatable bonds is 3. The Morgan fingerprint density at radius 1 is 1.05 bits per heavy atom. The first kappa shape index (κ1) is 16.8. The molecule has 2 aromatic rings. The average molecular weight is 318 g/mol. The van der Waals surface area contributed by atoms with Crippen LogP contribution >= 0.6 is 12.4 Å². The maximum Gasteiger partial charge on any atom is 0.224 e. The third-order valence-electron chi connectivity index (χ3n) is 5.36. The third-order valence-corrected chi connectivity index (χ3v) is 5.36. The minimum Gasteiger partial charge on any atom is -0.369 e. The molecule has 0 aliphatic heterocycles. The summed E-state index contributed by atoms with van der Waals surface area (Å²) >= 11 is 0. The standard InChI is InChI=1S/C19H23NO.ClH/c1-14(19(18(20)21)12-5-2-6-13-19)16-11-7-9-15-8-3-4-10-17(15)16;/h3-4,7-11,14H,2,5-6,12-13H2,1H3,(H2,20,21);1H/t14-;/m1./s1. The molecule has 1 aliphatic rings. The van der Waals surface area contributed by atoms with Crippen molar-refractivity contribution in [3.8, 4) is 0 Å². The molecular weight excluding hydrogens is 294 g/mol. The number of hydrogen-bond donors (Lipinski definition) is 1. The SMILES string of the molecule is C[C@H](c1cccc2ccccc12)C1(C(N)=O)CCCCC1.Cl. The molecule has 1 fully saturated rings. The van der Waals surface area contributed by atoms with E-state index in [1.54, 1.807) is 0 Å². The van der Waals surface area contributed by atoms with Crippen molar-refractivity contribution in [1.29, 1.82) is 0 Å². The van der Waals surface area contributed by atoms with Gasteiger partial charge in [-0.05, 0) is 35.1 Å². The van der Waals surface area contributed by atoms with Crippen LogP contribution in [0.3, 0.4) is 0 Å². The first-order valence-corrected chi connectivity index (χ1v) is 7.93. The lowest BCUT2D eigenvalue weighted by molar-refractivity contribution is -0.130. The van der Waals surface area contributed by atoms with Crippen molar-refractivity contribution in [2.45, 2.75) is 44.9 Å². The van der Waals surface area contributed by atoms with E-state index >= 15 is 0 Å². The van der Waals surface area contributed by atoms with Crippen molar-refractivity contribution in [2.24, 2.45) is 11.1 Å². The lowest BCUT2D eigenvalue weighted by Gasteiger charge is -2.40. The highest BCUT2D eigenvalue weighted by atomic mass is 35.5. The summed E-state index contributed by atoms with van der Waals surface area (Å²) in [7, 11) is 0. The van der Waals surface area contributed by atoms with Crippen molar-refractivity contribution < 1.29 is 4.79 Å². The molecule has 118 valence electrons. The van der Waals surface area contributed by atoms with Gasteiger partial charge in [-0.2, -0.15) is 0 Å². The summed E-state index contributed by atoms with van der Waals surface area (Å²) in [6.07, 6.45) is 5.28. The van der Waals surface area contributed by atoms with E-state index in [0.29, 0.717) is 0 Å². The maximum absolute atomic E-state index is 12.2. The highest BCUT2D eigenvalue weighted by molar-refractivity contribution is 5.88. The Kier molecular flexibility index (Phi) is 5.12. The quantitative estimate of drug-likeness (QED) is 0.868. The Balaban J connectivity index is 0.00000176. The summed E-state index contributed by atoms with van der Waals surface area (Å²) in [5, 5.41) is 2.48. The van der Waals surface area contributed by atoms with E-state index in [1.807, 2.05) is 0 Å². The molecule has 0 radical (unpaired) electrons. The molecule has 0 bridgehead atoms. The summed E-state index contributed by atoms with van der Waals surface area (Å²) in [6.45, 7) is 2.18. The number of primary amides is 1. The van der Waals surface area contributed by atoms with E-state index in [4.69, 9.17) is 5.73 Å². The second kappa shape index (κ2) is 6.70. The van der Waals surface area contributed by atoms with Gasteiger partial charge >= 0.3 is 0 Å². The van der Waals surface area contributed by atoms with Crippen molar-refractivity contribution in [3.05, 3.63) is 48.0 Å². The van der Waals surface area contributed by atoms with Crippen LogP contribution in [0.15, 0.2) is 42.5 Å². The molecule has 2 aromatic carbocycles. The van der Waals surface area contributed by atoms with Crippen LogP contribution in [-0.2, 0) is 4.79 Å². The van der Waals surface area contributed by atoms with Crippen molar-refractivity contribution in [1.82, 2.24) is 0 Å². The second-order valence-electron chi connectivity index (χ2n) is 6.37. The monoisotopic (exact) mass is 317 g/mol. The molecule has 2 nitrogen and oxygen atoms in total. The van der Waals surface area contributed by atoms with Crippen LogP contribution in [0, 0.1) is 5.41 Å². The largest absolute Gasteiger partial charge is 0.369 e. The zero-order chi connectivity index (χ0) is 14.9. The fraction of sp³-hybridized carbons (Fsp3) is 0.421. The van der Waals surface area contributed by atoms with Crippen LogP contribution in [0.1, 0.15) is 50.5 Å². The molecule has 22 heavy (non-hydrogen) atoms. The molecule has 0 spiro atoms. The van der Waals surface area contributed by atoms with Gasteiger partial charge in [-0.3, -0.25) is 4.79 Å². The molecule has 0 unspecified atom stereocenters. The number of fused-ring (bicyclic) bond motifs is 1. The molecule has 3 rings (SSSR count). The van der Waals surface area contributed by atoms with Gasteiger partial charge in [-0.25, -0.2) is 0 Å². The van der Waals surface area contributed by atoms with Gasteiger partial charge < -0.3 is 5.73 Å². The summed E-state index contributed by atoms with van der Waals surface area (Å²) in [6, 6.07) is 14.8. The summed E-state index contributed by atoms with van der Waals surface area (Å²) in [5.74, 6) is 0.0454. The Labute approximate surface area is 138 Å². The van der Waals surface area contributed by atoms with E-state index in [0.717, 1.165) is 25.7 Å². The zero-order valence-corrected chi connectivity index (χ0v) is 13.9. The number of carbonyl (C=O) groups excluding carboxylic acids is 1. The summed E-state index contributed by atoms with van der Waals surface area (Å²) < 4.78 is 0. The van der Waals surface area contributed by atoms with Crippen LogP contribution in [0.2, 0.25) is 0 Å². The molecule has 0 aromatic heterocycles. The molecule has 1 amide bonds. The predicted molar refractivity (Wildman–Crippen MR) is 94.3 cm³/mol. The van der Waals surface area contributed by atoms with Crippen LogP contribution in [0.5, 0.6) is 0 Å². The van der Waals surface area contributed by atoms with Crippen LogP contribution in [0.25, 0.3) is 10.8 Å². The van der Waals surface area contributed by atoms with E-state index in [9.17, 15) is 4.79 Å². The molecule has 0 saturated heterocycles. The Bertz CT molecular complexity index is 656. The van der Waals surface area contributed by atoms with Gasteiger partial charge in [0.25, 0.3) is 0 Å². The minimum absolute atomic E-state index is 0. The van der Waals surface area contributed by atoms with E-state index < -0.39 is 0 Å². The third kappa shape index (κ3) is 2.72. The first-order valence-electron chi connectivity index (χ1n) is 7.93. The maximum atomic E-state index is 12.2. The fourth-order valence-corrected chi connectivity index (χ4v) is 4.00. The van der Waals surface area contributed by atoms with Gasteiger partial charge in [0.1, 0.15) is 0 Å². The number of nitrogens with two attached hydrogens (primary N) is 1. The number of halogens is 1. The van der Waals surface area contributed by atoms with Gasteiger partial charge in [0.05, 0.1) is 5.41 Å². The van der Waals surface area contributed by atoms with Gasteiger partial charge in [-0.1, -0.05) is 68.7 Å².